The van der Waals surface area contributed by atoms with E-state index in [1.165, 1.54) is 19.1 Å². The first-order valence-electron chi connectivity index (χ1n) is 11.7. The highest BCUT2D eigenvalue weighted by molar-refractivity contribution is 5.72. The molecular formula is C25H44O5. The Balaban J connectivity index is 1.80. The molecule has 30 heavy (non-hydrogen) atoms. The van der Waals surface area contributed by atoms with Crippen molar-refractivity contribution in [1.29, 1.82) is 0 Å². The number of carbonyl (C=O) groups is 1. The van der Waals surface area contributed by atoms with Gasteiger partial charge in [-0.1, -0.05) is 31.9 Å². The first-order chi connectivity index (χ1) is 13.9. The van der Waals surface area contributed by atoms with Crippen molar-refractivity contribution in [2.45, 2.75) is 117 Å². The molecule has 6 unspecified atom stereocenters. The van der Waals surface area contributed by atoms with E-state index in [0.29, 0.717) is 5.92 Å². The minimum absolute atomic E-state index is 0.0298. The summed E-state index contributed by atoms with van der Waals surface area (Å²) in [4.78, 5) is 23.0. The lowest BCUT2D eigenvalue weighted by Gasteiger charge is -2.51. The van der Waals surface area contributed by atoms with Gasteiger partial charge in [-0.2, -0.15) is 0 Å². The molecule has 2 fully saturated rings. The van der Waals surface area contributed by atoms with Gasteiger partial charge in [-0.25, -0.2) is 9.78 Å². The second kappa shape index (κ2) is 10.1. The monoisotopic (exact) mass is 424 g/mol. The molecule has 1 N–H and O–H groups in total. The molecule has 0 amide bonds. The van der Waals surface area contributed by atoms with Crippen LogP contribution in [-0.4, -0.2) is 35.5 Å². The second-order valence-electron chi connectivity index (χ2n) is 10.6. The summed E-state index contributed by atoms with van der Waals surface area (Å²) >= 11 is 0. The van der Waals surface area contributed by atoms with Crippen LogP contribution in [-0.2, 0) is 19.3 Å². The summed E-state index contributed by atoms with van der Waals surface area (Å²) in [5.41, 5.74) is 0.445. The van der Waals surface area contributed by atoms with Gasteiger partial charge in [-0.05, 0) is 90.4 Å². The topological polar surface area (TPSA) is 65.0 Å². The van der Waals surface area contributed by atoms with Crippen LogP contribution in [0.25, 0.3) is 0 Å². The summed E-state index contributed by atoms with van der Waals surface area (Å²) in [5, 5.41) is 11.0. The Morgan fingerprint density at radius 3 is 2.50 bits per heavy atom. The van der Waals surface area contributed by atoms with E-state index in [0.717, 1.165) is 51.4 Å². The molecule has 0 aromatic heterocycles. The zero-order valence-electron chi connectivity index (χ0n) is 20.3. The molecule has 0 bridgehead atoms. The zero-order valence-corrected chi connectivity index (χ0v) is 20.3. The zero-order chi connectivity index (χ0) is 22.6. The van der Waals surface area contributed by atoms with Gasteiger partial charge in [0.1, 0.15) is 11.7 Å². The van der Waals surface area contributed by atoms with E-state index in [2.05, 4.69) is 33.8 Å². The van der Waals surface area contributed by atoms with E-state index in [9.17, 15) is 9.90 Å². The molecule has 5 nitrogen and oxygen atoms in total. The van der Waals surface area contributed by atoms with Gasteiger partial charge in [0.15, 0.2) is 0 Å². The van der Waals surface area contributed by atoms with E-state index < -0.39 is 5.60 Å². The molecule has 5 heteroatoms. The highest BCUT2D eigenvalue weighted by Crippen LogP contribution is 2.51. The quantitative estimate of drug-likeness (QED) is 0.305. The Labute approximate surface area is 183 Å². The Kier molecular flexibility index (Phi) is 8.57. The Hall–Kier alpha value is -0.910. The van der Waals surface area contributed by atoms with Gasteiger partial charge in [0.25, 0.3) is 0 Å². The lowest BCUT2D eigenvalue weighted by Crippen LogP contribution is -2.50. The van der Waals surface area contributed by atoms with Crippen LogP contribution < -0.4 is 0 Å². The molecule has 0 spiro atoms. The lowest BCUT2D eigenvalue weighted by atomic mass is 9.57. The fourth-order valence-corrected chi connectivity index (χ4v) is 5.14. The molecule has 2 rings (SSSR count). The van der Waals surface area contributed by atoms with Gasteiger partial charge in [-0.3, -0.25) is 4.79 Å². The fourth-order valence-electron chi connectivity index (χ4n) is 5.14. The minimum Gasteiger partial charge on any atom is -0.469 e. The van der Waals surface area contributed by atoms with E-state index in [-0.39, 0.29) is 29.0 Å². The minimum atomic E-state index is -0.580. The number of rotatable bonds is 8. The summed E-state index contributed by atoms with van der Waals surface area (Å²) in [7, 11) is 1.40. The van der Waals surface area contributed by atoms with Crippen LogP contribution in [0, 0.1) is 17.3 Å². The standard InChI is InChI=1S/C25H44O5/c1-18(12-17-24(5)19(2)11-9-15-25(24,6)27)10-8-14-23(4)16-13-21(29-30-23)20(3)22(26)28-7/h10,19-21,27H,8-9,11-17H2,1-7H3. The Morgan fingerprint density at radius 2 is 1.93 bits per heavy atom. The van der Waals surface area contributed by atoms with Crippen molar-refractivity contribution in [3.05, 3.63) is 11.6 Å². The number of esters is 1. The van der Waals surface area contributed by atoms with Crippen LogP contribution in [0.15, 0.2) is 11.6 Å². The number of ether oxygens (including phenoxy) is 1. The first-order valence-corrected chi connectivity index (χ1v) is 11.7. The molecule has 6 atom stereocenters. The van der Waals surface area contributed by atoms with Gasteiger partial charge in [0, 0.05) is 0 Å². The third kappa shape index (κ3) is 5.86. The summed E-state index contributed by atoms with van der Waals surface area (Å²) in [6.45, 7) is 12.7. The van der Waals surface area contributed by atoms with Crippen LogP contribution in [0.5, 0.6) is 0 Å². The van der Waals surface area contributed by atoms with Crippen molar-refractivity contribution in [2.24, 2.45) is 17.3 Å². The van der Waals surface area contributed by atoms with Crippen LogP contribution in [0.4, 0.5) is 0 Å². The van der Waals surface area contributed by atoms with Crippen molar-refractivity contribution in [2.75, 3.05) is 7.11 Å². The predicted molar refractivity (Wildman–Crippen MR) is 119 cm³/mol. The van der Waals surface area contributed by atoms with Crippen molar-refractivity contribution in [3.63, 3.8) is 0 Å². The maximum Gasteiger partial charge on any atom is 0.311 e. The highest BCUT2D eigenvalue weighted by atomic mass is 17.2. The maximum atomic E-state index is 11.7. The first kappa shape index (κ1) is 25.4. The fraction of sp³-hybridized carbons (Fsp3) is 0.880. The molecule has 1 saturated heterocycles. The van der Waals surface area contributed by atoms with E-state index in [1.54, 1.807) is 0 Å². The third-order valence-corrected chi connectivity index (χ3v) is 8.28. The lowest BCUT2D eigenvalue weighted by molar-refractivity contribution is -0.411. The smallest absolute Gasteiger partial charge is 0.311 e. The average molecular weight is 425 g/mol. The summed E-state index contributed by atoms with van der Waals surface area (Å²) in [6, 6.07) is 0. The molecule has 1 saturated carbocycles. The van der Waals surface area contributed by atoms with Gasteiger partial charge < -0.3 is 9.84 Å². The summed E-state index contributed by atoms with van der Waals surface area (Å²) < 4.78 is 4.80. The molecule has 1 aliphatic heterocycles. The maximum absolute atomic E-state index is 11.7. The number of aliphatic hydroxyl groups is 1. The van der Waals surface area contributed by atoms with Gasteiger partial charge >= 0.3 is 5.97 Å². The molecular weight excluding hydrogens is 380 g/mol. The van der Waals surface area contributed by atoms with Crippen molar-refractivity contribution in [1.82, 2.24) is 0 Å². The third-order valence-electron chi connectivity index (χ3n) is 8.28. The SMILES string of the molecule is COC(=O)C(C)C1CCC(C)(CCC=C(C)CCC2(C)C(C)CCCC2(C)O)OO1. The molecule has 0 radical (unpaired) electrons. The summed E-state index contributed by atoms with van der Waals surface area (Å²) in [5.74, 6) is -0.0331. The molecule has 2 aliphatic rings. The Morgan fingerprint density at radius 1 is 1.23 bits per heavy atom. The molecule has 0 aromatic carbocycles. The highest BCUT2D eigenvalue weighted by Gasteiger charge is 2.48. The molecule has 1 heterocycles. The number of hydrogen-bond donors (Lipinski definition) is 1. The molecule has 174 valence electrons. The number of carbonyl (C=O) groups excluding carboxylic acids is 1. The predicted octanol–water partition coefficient (Wildman–Crippen LogP) is 5.75. The number of hydrogen-bond acceptors (Lipinski definition) is 5. The van der Waals surface area contributed by atoms with Crippen LogP contribution in [0.2, 0.25) is 0 Å². The van der Waals surface area contributed by atoms with Gasteiger partial charge in [-0.15, -0.1) is 0 Å². The van der Waals surface area contributed by atoms with Crippen LogP contribution >= 0.6 is 0 Å². The molecule has 0 aromatic rings. The normalized spacial score (nSPS) is 38.9. The van der Waals surface area contributed by atoms with Crippen molar-refractivity contribution >= 4 is 5.97 Å². The largest absolute Gasteiger partial charge is 0.469 e. The number of allylic oxidation sites excluding steroid dienone is 2. The van der Waals surface area contributed by atoms with Gasteiger partial charge in [0.05, 0.1) is 18.6 Å². The second-order valence-corrected chi connectivity index (χ2v) is 10.6. The van der Waals surface area contributed by atoms with Crippen molar-refractivity contribution in [3.8, 4) is 0 Å². The van der Waals surface area contributed by atoms with Crippen molar-refractivity contribution < 1.29 is 24.4 Å². The number of methoxy groups -OCH3 is 1. The van der Waals surface area contributed by atoms with E-state index in [1.807, 2.05) is 13.8 Å². The van der Waals surface area contributed by atoms with E-state index in [4.69, 9.17) is 14.5 Å². The van der Waals surface area contributed by atoms with Crippen LogP contribution in [0.3, 0.4) is 0 Å². The van der Waals surface area contributed by atoms with E-state index >= 15 is 0 Å². The van der Waals surface area contributed by atoms with Crippen LogP contribution in [0.1, 0.15) is 99.3 Å². The average Bonchev–Trinajstić information content (AvgIpc) is 2.70. The van der Waals surface area contributed by atoms with Gasteiger partial charge in [0.2, 0.25) is 0 Å². The Bertz CT molecular complexity index is 603. The summed E-state index contributed by atoms with van der Waals surface area (Å²) in [6.07, 6.45) is 10.8. The molecule has 1 aliphatic carbocycles.